The first-order valence-electron chi connectivity index (χ1n) is 10.1. The molecule has 0 radical (unpaired) electrons. The molecule has 1 N–H and O–H groups in total. The second-order valence-corrected chi connectivity index (χ2v) is 8.01. The number of carbonyl (C=O) groups excluding carboxylic acids is 2. The van der Waals surface area contributed by atoms with Crippen molar-refractivity contribution in [3.05, 3.63) is 0 Å². The standard InChI is InChI=1S/C19H34N4O2/c1-16(17-4-6-20-7-5-17)14-18(24)23-12-10-21(11-13-23)15-19(25)22-8-2-3-9-22/h16-17,20H,2-15H2,1H3. The smallest absolute Gasteiger partial charge is 0.236 e. The monoisotopic (exact) mass is 350 g/mol. The fraction of sp³-hybridized carbons (Fsp3) is 0.895. The molecule has 3 saturated heterocycles. The van der Waals surface area contributed by atoms with Crippen LogP contribution in [0.25, 0.3) is 0 Å². The summed E-state index contributed by atoms with van der Waals surface area (Å²) < 4.78 is 0. The fourth-order valence-electron chi connectivity index (χ4n) is 4.40. The van der Waals surface area contributed by atoms with Gasteiger partial charge in [-0.1, -0.05) is 6.92 Å². The Labute approximate surface area is 151 Å². The summed E-state index contributed by atoms with van der Waals surface area (Å²) in [6.07, 6.45) is 5.35. The quantitative estimate of drug-likeness (QED) is 0.796. The van der Waals surface area contributed by atoms with Crippen LogP contribution in [0.1, 0.15) is 39.0 Å². The zero-order valence-electron chi connectivity index (χ0n) is 15.7. The SMILES string of the molecule is CC(CC(=O)N1CCN(CC(=O)N2CCCC2)CC1)C1CCNCC1. The van der Waals surface area contributed by atoms with Gasteiger partial charge < -0.3 is 15.1 Å². The molecule has 0 bridgehead atoms. The number of likely N-dealkylation sites (tertiary alicyclic amines) is 1. The molecular weight excluding hydrogens is 316 g/mol. The highest BCUT2D eigenvalue weighted by molar-refractivity contribution is 5.79. The van der Waals surface area contributed by atoms with E-state index in [1.54, 1.807) is 0 Å². The molecule has 142 valence electrons. The highest BCUT2D eigenvalue weighted by Crippen LogP contribution is 2.25. The maximum Gasteiger partial charge on any atom is 0.236 e. The van der Waals surface area contributed by atoms with Crippen molar-refractivity contribution in [3.8, 4) is 0 Å². The second kappa shape index (κ2) is 8.99. The largest absolute Gasteiger partial charge is 0.342 e. The number of carbonyl (C=O) groups is 2. The molecule has 3 fully saturated rings. The molecule has 0 spiro atoms. The topological polar surface area (TPSA) is 55.9 Å². The van der Waals surface area contributed by atoms with Crippen LogP contribution in [-0.4, -0.2) is 85.4 Å². The Bertz CT molecular complexity index is 450. The van der Waals surface area contributed by atoms with Crippen LogP contribution >= 0.6 is 0 Å². The van der Waals surface area contributed by atoms with Crippen molar-refractivity contribution < 1.29 is 9.59 Å². The van der Waals surface area contributed by atoms with Gasteiger partial charge in [-0.25, -0.2) is 0 Å². The molecule has 0 saturated carbocycles. The van der Waals surface area contributed by atoms with Gasteiger partial charge in [-0.2, -0.15) is 0 Å². The van der Waals surface area contributed by atoms with E-state index in [9.17, 15) is 9.59 Å². The van der Waals surface area contributed by atoms with Gasteiger partial charge >= 0.3 is 0 Å². The van der Waals surface area contributed by atoms with Gasteiger partial charge in [0.15, 0.2) is 0 Å². The molecule has 1 unspecified atom stereocenters. The van der Waals surface area contributed by atoms with Gasteiger partial charge in [0.1, 0.15) is 0 Å². The molecule has 0 aromatic rings. The van der Waals surface area contributed by atoms with Crippen LogP contribution in [0.5, 0.6) is 0 Å². The van der Waals surface area contributed by atoms with Crippen molar-refractivity contribution in [1.29, 1.82) is 0 Å². The normalized spacial score (nSPS) is 24.5. The highest BCUT2D eigenvalue weighted by Gasteiger charge is 2.28. The lowest BCUT2D eigenvalue weighted by molar-refractivity contribution is -0.135. The Morgan fingerprint density at radius 3 is 2.16 bits per heavy atom. The first-order chi connectivity index (χ1) is 12.1. The molecule has 0 aromatic heterocycles. The highest BCUT2D eigenvalue weighted by atomic mass is 16.2. The fourth-order valence-corrected chi connectivity index (χ4v) is 4.40. The lowest BCUT2D eigenvalue weighted by Crippen LogP contribution is -2.51. The van der Waals surface area contributed by atoms with Crippen molar-refractivity contribution >= 4 is 11.8 Å². The molecule has 3 heterocycles. The minimum Gasteiger partial charge on any atom is -0.342 e. The number of amides is 2. The van der Waals surface area contributed by atoms with Crippen LogP contribution in [0.2, 0.25) is 0 Å². The number of nitrogens with one attached hydrogen (secondary N) is 1. The lowest BCUT2D eigenvalue weighted by atomic mass is 9.84. The van der Waals surface area contributed by atoms with Crippen LogP contribution in [0.15, 0.2) is 0 Å². The molecule has 2 amide bonds. The first kappa shape index (κ1) is 18.6. The molecule has 3 aliphatic heterocycles. The average molecular weight is 351 g/mol. The van der Waals surface area contributed by atoms with E-state index in [2.05, 4.69) is 17.1 Å². The van der Waals surface area contributed by atoms with Gasteiger partial charge in [-0.05, 0) is 50.6 Å². The molecule has 0 aromatic carbocycles. The van der Waals surface area contributed by atoms with Gasteiger partial charge in [0.2, 0.25) is 11.8 Å². The predicted molar refractivity (Wildman–Crippen MR) is 98.2 cm³/mol. The molecule has 1 atom stereocenters. The molecule has 25 heavy (non-hydrogen) atoms. The van der Waals surface area contributed by atoms with Crippen molar-refractivity contribution in [1.82, 2.24) is 20.0 Å². The Hall–Kier alpha value is -1.14. The van der Waals surface area contributed by atoms with Gasteiger partial charge in [0.05, 0.1) is 6.54 Å². The van der Waals surface area contributed by atoms with Crippen LogP contribution in [0.3, 0.4) is 0 Å². The lowest BCUT2D eigenvalue weighted by Gasteiger charge is -2.36. The molecule has 3 aliphatic rings. The van der Waals surface area contributed by atoms with E-state index in [0.717, 1.165) is 65.2 Å². The molecule has 6 nitrogen and oxygen atoms in total. The summed E-state index contributed by atoms with van der Waals surface area (Å²) in [6.45, 7) is 9.97. The summed E-state index contributed by atoms with van der Waals surface area (Å²) >= 11 is 0. The van der Waals surface area contributed by atoms with Crippen LogP contribution in [-0.2, 0) is 9.59 Å². The summed E-state index contributed by atoms with van der Waals surface area (Å²) in [5.41, 5.74) is 0. The first-order valence-corrected chi connectivity index (χ1v) is 10.1. The molecule has 0 aliphatic carbocycles. The Morgan fingerprint density at radius 2 is 1.52 bits per heavy atom. The van der Waals surface area contributed by atoms with Crippen molar-refractivity contribution in [3.63, 3.8) is 0 Å². The maximum atomic E-state index is 12.6. The van der Waals surface area contributed by atoms with E-state index in [1.165, 1.54) is 12.8 Å². The van der Waals surface area contributed by atoms with E-state index in [4.69, 9.17) is 0 Å². The zero-order chi connectivity index (χ0) is 17.6. The van der Waals surface area contributed by atoms with E-state index in [0.29, 0.717) is 30.7 Å². The number of rotatable bonds is 5. The van der Waals surface area contributed by atoms with Crippen molar-refractivity contribution in [2.75, 3.05) is 58.9 Å². The average Bonchev–Trinajstić information content (AvgIpc) is 3.18. The summed E-state index contributed by atoms with van der Waals surface area (Å²) in [5.74, 6) is 1.72. The minimum absolute atomic E-state index is 0.261. The number of piperidine rings is 1. The van der Waals surface area contributed by atoms with Crippen LogP contribution < -0.4 is 5.32 Å². The second-order valence-electron chi connectivity index (χ2n) is 8.01. The third-order valence-electron chi connectivity index (χ3n) is 6.23. The Kier molecular flexibility index (Phi) is 6.70. The third-order valence-corrected chi connectivity index (χ3v) is 6.23. The molecular formula is C19H34N4O2. The van der Waals surface area contributed by atoms with Crippen LogP contribution in [0, 0.1) is 11.8 Å². The summed E-state index contributed by atoms with van der Waals surface area (Å²) in [5, 5.41) is 3.39. The van der Waals surface area contributed by atoms with Crippen molar-refractivity contribution in [2.45, 2.75) is 39.0 Å². The Balaban J connectivity index is 1.37. The van der Waals surface area contributed by atoms with Gasteiger partial charge in [0.25, 0.3) is 0 Å². The maximum absolute atomic E-state index is 12.6. The van der Waals surface area contributed by atoms with E-state index >= 15 is 0 Å². The number of nitrogens with zero attached hydrogens (tertiary/aromatic N) is 3. The third kappa shape index (κ3) is 5.17. The van der Waals surface area contributed by atoms with E-state index in [-0.39, 0.29) is 5.91 Å². The summed E-state index contributed by atoms with van der Waals surface area (Å²) in [7, 11) is 0. The summed E-state index contributed by atoms with van der Waals surface area (Å²) in [4.78, 5) is 31.1. The van der Waals surface area contributed by atoms with E-state index in [1.807, 2.05) is 9.80 Å². The number of piperazine rings is 1. The van der Waals surface area contributed by atoms with Gasteiger partial charge in [-0.15, -0.1) is 0 Å². The minimum atomic E-state index is 0.261. The number of hydrogen-bond donors (Lipinski definition) is 1. The Morgan fingerprint density at radius 1 is 0.920 bits per heavy atom. The molecule has 3 rings (SSSR count). The van der Waals surface area contributed by atoms with Crippen LogP contribution in [0.4, 0.5) is 0 Å². The number of hydrogen-bond acceptors (Lipinski definition) is 4. The van der Waals surface area contributed by atoms with Crippen molar-refractivity contribution in [2.24, 2.45) is 11.8 Å². The van der Waals surface area contributed by atoms with Gasteiger partial charge in [0, 0.05) is 45.7 Å². The molecule has 6 heteroatoms. The predicted octanol–water partition coefficient (Wildman–Crippen LogP) is 0.779. The van der Waals surface area contributed by atoms with E-state index < -0.39 is 0 Å². The van der Waals surface area contributed by atoms with Gasteiger partial charge in [-0.3, -0.25) is 14.5 Å². The zero-order valence-corrected chi connectivity index (χ0v) is 15.7. The summed E-state index contributed by atoms with van der Waals surface area (Å²) in [6, 6.07) is 0.